The van der Waals surface area contributed by atoms with Gasteiger partial charge < -0.3 is 16.4 Å². The van der Waals surface area contributed by atoms with E-state index in [2.05, 4.69) is 15.6 Å². The summed E-state index contributed by atoms with van der Waals surface area (Å²) in [4.78, 5) is 4.08. The molecule has 16 heavy (non-hydrogen) atoms. The molecule has 1 fully saturated rings. The Bertz CT molecular complexity index is 314. The molecular formula is C12H20N4. The van der Waals surface area contributed by atoms with E-state index in [4.69, 9.17) is 5.73 Å². The lowest BCUT2D eigenvalue weighted by atomic mass is 9.91. The maximum atomic E-state index is 5.55. The van der Waals surface area contributed by atoms with Crippen LogP contribution in [0.5, 0.6) is 0 Å². The highest BCUT2D eigenvalue weighted by atomic mass is 15.0. The lowest BCUT2D eigenvalue weighted by molar-refractivity contribution is 0.371. The molecule has 1 saturated carbocycles. The molecule has 1 heterocycles. The van der Waals surface area contributed by atoms with E-state index in [0.29, 0.717) is 17.9 Å². The van der Waals surface area contributed by atoms with Crippen LogP contribution >= 0.6 is 0 Å². The number of anilines is 2. The summed E-state index contributed by atoms with van der Waals surface area (Å²) in [5.41, 5.74) is 6.62. The first kappa shape index (κ1) is 11.2. The van der Waals surface area contributed by atoms with Gasteiger partial charge in [-0.3, -0.25) is 0 Å². The quantitative estimate of drug-likeness (QED) is 0.724. The Kier molecular flexibility index (Phi) is 3.62. The molecule has 0 aliphatic heterocycles. The van der Waals surface area contributed by atoms with Crippen LogP contribution in [0.2, 0.25) is 0 Å². The smallest absolute Gasteiger partial charge is 0.123 e. The van der Waals surface area contributed by atoms with Crippen LogP contribution < -0.4 is 16.4 Å². The number of nitrogens with one attached hydrogen (secondary N) is 2. The Morgan fingerprint density at radius 1 is 1.19 bits per heavy atom. The molecule has 0 atom stereocenters. The van der Waals surface area contributed by atoms with E-state index < -0.39 is 0 Å². The van der Waals surface area contributed by atoms with Gasteiger partial charge in [-0.2, -0.15) is 0 Å². The van der Waals surface area contributed by atoms with Gasteiger partial charge in [-0.05, 0) is 44.9 Å². The van der Waals surface area contributed by atoms with Crippen molar-refractivity contribution in [2.45, 2.75) is 37.8 Å². The second kappa shape index (κ2) is 5.16. The number of nitrogen functional groups attached to an aromatic ring is 1. The summed E-state index contributed by atoms with van der Waals surface area (Å²) in [6.45, 7) is 0. The van der Waals surface area contributed by atoms with Gasteiger partial charge in [-0.1, -0.05) is 0 Å². The molecule has 2 rings (SSSR count). The zero-order chi connectivity index (χ0) is 11.4. The summed E-state index contributed by atoms with van der Waals surface area (Å²) in [5, 5.41) is 6.85. The van der Waals surface area contributed by atoms with Gasteiger partial charge in [0, 0.05) is 12.1 Å². The standard InChI is InChI=1S/C12H20N4/c1-14-9-2-4-10(5-3-9)16-11-6-7-12(13)15-8-11/h6-10,14,16H,2-5H2,1H3,(H2,13,15). The van der Waals surface area contributed by atoms with Gasteiger partial charge in [-0.15, -0.1) is 0 Å². The van der Waals surface area contributed by atoms with Gasteiger partial charge in [-0.25, -0.2) is 4.98 Å². The minimum Gasteiger partial charge on any atom is -0.384 e. The topological polar surface area (TPSA) is 63.0 Å². The first-order valence-electron chi connectivity index (χ1n) is 5.93. The van der Waals surface area contributed by atoms with Gasteiger partial charge in [0.15, 0.2) is 0 Å². The Labute approximate surface area is 96.6 Å². The van der Waals surface area contributed by atoms with Crippen LogP contribution in [-0.4, -0.2) is 24.1 Å². The molecule has 4 heteroatoms. The molecule has 88 valence electrons. The average molecular weight is 220 g/mol. The van der Waals surface area contributed by atoms with Gasteiger partial charge in [0.05, 0.1) is 11.9 Å². The number of nitrogens with two attached hydrogens (primary N) is 1. The Morgan fingerprint density at radius 3 is 2.44 bits per heavy atom. The zero-order valence-electron chi connectivity index (χ0n) is 9.74. The first-order chi connectivity index (χ1) is 7.78. The van der Waals surface area contributed by atoms with Gasteiger partial charge in [0.2, 0.25) is 0 Å². The average Bonchev–Trinajstić information content (AvgIpc) is 2.33. The van der Waals surface area contributed by atoms with Crippen LogP contribution in [0.3, 0.4) is 0 Å². The predicted octanol–water partition coefficient (Wildman–Crippen LogP) is 1.61. The monoisotopic (exact) mass is 220 g/mol. The van der Waals surface area contributed by atoms with Gasteiger partial charge in [0.1, 0.15) is 5.82 Å². The van der Waals surface area contributed by atoms with Gasteiger partial charge in [0.25, 0.3) is 0 Å². The van der Waals surface area contributed by atoms with Crippen LogP contribution in [-0.2, 0) is 0 Å². The van der Waals surface area contributed by atoms with Crippen molar-refractivity contribution in [2.24, 2.45) is 0 Å². The third kappa shape index (κ3) is 2.85. The molecule has 1 aromatic rings. The third-order valence-electron chi connectivity index (χ3n) is 3.29. The summed E-state index contributed by atoms with van der Waals surface area (Å²) in [7, 11) is 2.04. The molecule has 0 saturated heterocycles. The Morgan fingerprint density at radius 2 is 1.88 bits per heavy atom. The van der Waals surface area contributed by atoms with Crippen LogP contribution in [0.15, 0.2) is 18.3 Å². The Hall–Kier alpha value is -1.29. The fourth-order valence-corrected chi connectivity index (χ4v) is 2.25. The summed E-state index contributed by atoms with van der Waals surface area (Å²) >= 11 is 0. The lowest BCUT2D eigenvalue weighted by Gasteiger charge is -2.29. The van der Waals surface area contributed by atoms with Crippen molar-refractivity contribution in [1.82, 2.24) is 10.3 Å². The van der Waals surface area contributed by atoms with Gasteiger partial charge >= 0.3 is 0 Å². The van der Waals surface area contributed by atoms with E-state index in [0.717, 1.165) is 5.69 Å². The number of pyridine rings is 1. The molecule has 0 aromatic carbocycles. The molecule has 0 unspecified atom stereocenters. The molecule has 4 nitrogen and oxygen atoms in total. The highest BCUT2D eigenvalue weighted by molar-refractivity contribution is 5.46. The maximum absolute atomic E-state index is 5.55. The minimum absolute atomic E-state index is 0.574. The maximum Gasteiger partial charge on any atom is 0.123 e. The fraction of sp³-hybridized carbons (Fsp3) is 0.583. The Balaban J connectivity index is 1.84. The van der Waals surface area contributed by atoms with E-state index in [-0.39, 0.29) is 0 Å². The SMILES string of the molecule is CNC1CCC(Nc2ccc(N)nc2)CC1. The number of aromatic nitrogens is 1. The normalized spacial score (nSPS) is 25.3. The van der Waals surface area contributed by atoms with Crippen molar-refractivity contribution in [3.8, 4) is 0 Å². The summed E-state index contributed by atoms with van der Waals surface area (Å²) in [6, 6.07) is 5.10. The molecule has 1 aromatic heterocycles. The van der Waals surface area contributed by atoms with Crippen molar-refractivity contribution in [3.63, 3.8) is 0 Å². The first-order valence-corrected chi connectivity index (χ1v) is 5.93. The molecule has 1 aliphatic carbocycles. The number of rotatable bonds is 3. The van der Waals surface area contributed by atoms with Crippen LogP contribution in [0.4, 0.5) is 11.5 Å². The lowest BCUT2D eigenvalue weighted by Crippen LogP contribution is -2.34. The highest BCUT2D eigenvalue weighted by Crippen LogP contribution is 2.21. The largest absolute Gasteiger partial charge is 0.384 e. The zero-order valence-corrected chi connectivity index (χ0v) is 9.74. The molecule has 0 bridgehead atoms. The van der Waals surface area contributed by atoms with Crippen LogP contribution in [0, 0.1) is 0 Å². The summed E-state index contributed by atoms with van der Waals surface area (Å²) in [5.74, 6) is 0.574. The molecular weight excluding hydrogens is 200 g/mol. The highest BCUT2D eigenvalue weighted by Gasteiger charge is 2.19. The number of hydrogen-bond donors (Lipinski definition) is 3. The molecule has 0 radical (unpaired) electrons. The van der Waals surface area contributed by atoms with E-state index in [9.17, 15) is 0 Å². The van der Waals surface area contributed by atoms with E-state index in [1.54, 1.807) is 6.20 Å². The second-order valence-corrected chi connectivity index (χ2v) is 4.45. The summed E-state index contributed by atoms with van der Waals surface area (Å²) in [6.07, 6.45) is 6.73. The molecule has 4 N–H and O–H groups in total. The fourth-order valence-electron chi connectivity index (χ4n) is 2.25. The molecule has 0 spiro atoms. The number of hydrogen-bond acceptors (Lipinski definition) is 4. The predicted molar refractivity (Wildman–Crippen MR) is 67.4 cm³/mol. The number of nitrogens with zero attached hydrogens (tertiary/aromatic N) is 1. The van der Waals surface area contributed by atoms with Crippen molar-refractivity contribution in [1.29, 1.82) is 0 Å². The second-order valence-electron chi connectivity index (χ2n) is 4.45. The van der Waals surface area contributed by atoms with E-state index >= 15 is 0 Å². The van der Waals surface area contributed by atoms with Crippen molar-refractivity contribution < 1.29 is 0 Å². The van der Waals surface area contributed by atoms with Crippen molar-refractivity contribution >= 4 is 11.5 Å². The third-order valence-corrected chi connectivity index (χ3v) is 3.29. The van der Waals surface area contributed by atoms with E-state index in [1.807, 2.05) is 19.2 Å². The van der Waals surface area contributed by atoms with Crippen molar-refractivity contribution in [3.05, 3.63) is 18.3 Å². The summed E-state index contributed by atoms with van der Waals surface area (Å²) < 4.78 is 0. The van der Waals surface area contributed by atoms with Crippen molar-refractivity contribution in [2.75, 3.05) is 18.1 Å². The van der Waals surface area contributed by atoms with Crippen LogP contribution in [0.1, 0.15) is 25.7 Å². The molecule has 1 aliphatic rings. The molecule has 0 amide bonds. The van der Waals surface area contributed by atoms with Crippen LogP contribution in [0.25, 0.3) is 0 Å². The minimum atomic E-state index is 0.574. The van der Waals surface area contributed by atoms with E-state index in [1.165, 1.54) is 25.7 Å².